The highest BCUT2D eigenvalue weighted by Gasteiger charge is 2.23. The number of furan rings is 1. The number of hydrogen-bond donors (Lipinski definition) is 0. The van der Waals surface area contributed by atoms with Crippen LogP contribution in [0.3, 0.4) is 0 Å². The van der Waals surface area contributed by atoms with Gasteiger partial charge in [-0.3, -0.25) is 4.40 Å². The van der Waals surface area contributed by atoms with Gasteiger partial charge in [-0.2, -0.15) is 0 Å². The van der Waals surface area contributed by atoms with Crippen LogP contribution in [0.15, 0.2) is 120 Å². The van der Waals surface area contributed by atoms with Crippen molar-refractivity contribution < 1.29 is 4.42 Å². The molecule has 4 aromatic heterocycles. The lowest BCUT2D eigenvalue weighted by atomic mass is 10.00. The van der Waals surface area contributed by atoms with Crippen LogP contribution in [0.5, 0.6) is 0 Å². The molecule has 40 heavy (non-hydrogen) atoms. The number of nitrogens with zero attached hydrogens (tertiary/aromatic N) is 3. The number of aromatic nitrogens is 3. The largest absolute Gasteiger partial charge is 0.455 e. The average Bonchev–Trinajstić information content (AvgIpc) is 3.65. The Kier molecular flexibility index (Phi) is 3.65. The third-order valence-corrected chi connectivity index (χ3v) is 8.49. The second kappa shape index (κ2) is 7.13. The fourth-order valence-corrected chi connectivity index (χ4v) is 6.67. The van der Waals surface area contributed by atoms with Gasteiger partial charge in [0.1, 0.15) is 16.7 Å². The second-order valence-electron chi connectivity index (χ2n) is 10.6. The van der Waals surface area contributed by atoms with E-state index in [1.165, 1.54) is 16.3 Å². The first kappa shape index (κ1) is 20.5. The molecule has 0 aliphatic rings. The Morgan fingerprint density at radius 1 is 0.550 bits per heavy atom. The monoisotopic (exact) mass is 509 g/mol. The Morgan fingerprint density at radius 2 is 1.30 bits per heavy atom. The molecule has 10 rings (SSSR count). The maximum Gasteiger partial charge on any atom is 0.165 e. The van der Waals surface area contributed by atoms with Gasteiger partial charge in [-0.05, 0) is 64.4 Å². The van der Waals surface area contributed by atoms with Crippen molar-refractivity contribution in [3.8, 4) is 11.1 Å². The summed E-state index contributed by atoms with van der Waals surface area (Å²) >= 11 is 0. The summed E-state index contributed by atoms with van der Waals surface area (Å²) in [6.45, 7) is 0. The molecule has 0 N–H and O–H groups in total. The molecule has 4 heterocycles. The summed E-state index contributed by atoms with van der Waals surface area (Å²) in [5.74, 6) is 0. The van der Waals surface area contributed by atoms with Crippen LogP contribution in [-0.2, 0) is 0 Å². The van der Waals surface area contributed by atoms with Gasteiger partial charge in [0.25, 0.3) is 0 Å². The van der Waals surface area contributed by atoms with E-state index in [0.717, 1.165) is 76.9 Å². The minimum atomic E-state index is 0.883. The molecule has 0 unspecified atom stereocenters. The lowest BCUT2D eigenvalue weighted by Gasteiger charge is -2.04. The van der Waals surface area contributed by atoms with Crippen molar-refractivity contribution in [1.82, 2.24) is 14.4 Å². The van der Waals surface area contributed by atoms with E-state index in [-0.39, 0.29) is 0 Å². The number of fused-ring (bicyclic) bond motifs is 12. The van der Waals surface area contributed by atoms with Gasteiger partial charge >= 0.3 is 0 Å². The van der Waals surface area contributed by atoms with Gasteiger partial charge < -0.3 is 4.42 Å². The Hall–Kier alpha value is -5.48. The van der Waals surface area contributed by atoms with Gasteiger partial charge in [0.15, 0.2) is 5.65 Å². The normalized spacial score (nSPS) is 12.5. The molecule has 0 atom stereocenters. The SMILES string of the molecule is c1ccc2cc(-c3ccc4c(c3)oc3c4ccc4c3c3cccc5c6nc7ccccc7nc6n4c53)ccc2c1. The molecule has 6 aromatic carbocycles. The highest BCUT2D eigenvalue weighted by Crippen LogP contribution is 2.43. The van der Waals surface area contributed by atoms with Gasteiger partial charge in [0.05, 0.1) is 27.5 Å². The Labute approximate surface area is 227 Å². The molecule has 4 nitrogen and oxygen atoms in total. The molecular weight excluding hydrogens is 490 g/mol. The van der Waals surface area contributed by atoms with Gasteiger partial charge in [0.2, 0.25) is 0 Å². The van der Waals surface area contributed by atoms with Crippen molar-refractivity contribution in [2.75, 3.05) is 0 Å². The lowest BCUT2D eigenvalue weighted by Crippen LogP contribution is -1.88. The number of para-hydroxylation sites is 3. The first-order chi connectivity index (χ1) is 19.8. The zero-order valence-electron chi connectivity index (χ0n) is 21.2. The van der Waals surface area contributed by atoms with E-state index in [2.05, 4.69) is 95.4 Å². The molecule has 4 heteroatoms. The summed E-state index contributed by atoms with van der Waals surface area (Å²) in [7, 11) is 0. The smallest absolute Gasteiger partial charge is 0.165 e. The summed E-state index contributed by atoms with van der Waals surface area (Å²) in [5, 5.41) is 8.14. The summed E-state index contributed by atoms with van der Waals surface area (Å²) in [6.07, 6.45) is 0. The van der Waals surface area contributed by atoms with E-state index in [1.54, 1.807) is 0 Å². The zero-order valence-corrected chi connectivity index (χ0v) is 21.2. The third-order valence-electron chi connectivity index (χ3n) is 8.49. The summed E-state index contributed by atoms with van der Waals surface area (Å²) in [4.78, 5) is 10.1. The minimum Gasteiger partial charge on any atom is -0.455 e. The Morgan fingerprint density at radius 3 is 2.23 bits per heavy atom. The van der Waals surface area contributed by atoms with Crippen LogP contribution < -0.4 is 0 Å². The van der Waals surface area contributed by atoms with Crippen molar-refractivity contribution >= 4 is 82.1 Å². The first-order valence-electron chi connectivity index (χ1n) is 13.5. The van der Waals surface area contributed by atoms with Gasteiger partial charge in [0, 0.05) is 21.5 Å². The maximum absolute atomic E-state index is 6.71. The Bertz CT molecular complexity index is 2660. The fraction of sp³-hybridized carbons (Fsp3) is 0. The molecule has 10 aromatic rings. The highest BCUT2D eigenvalue weighted by atomic mass is 16.3. The number of benzene rings is 6. The number of hydrogen-bond acceptors (Lipinski definition) is 3. The van der Waals surface area contributed by atoms with Crippen LogP contribution in [0.4, 0.5) is 0 Å². The van der Waals surface area contributed by atoms with Crippen molar-refractivity contribution in [2.24, 2.45) is 0 Å². The van der Waals surface area contributed by atoms with Crippen LogP contribution in [0.25, 0.3) is 93.2 Å². The zero-order chi connectivity index (χ0) is 25.9. The molecule has 0 spiro atoms. The second-order valence-corrected chi connectivity index (χ2v) is 10.6. The highest BCUT2D eigenvalue weighted by molar-refractivity contribution is 6.29. The van der Waals surface area contributed by atoms with Crippen LogP contribution >= 0.6 is 0 Å². The molecule has 0 saturated heterocycles. The van der Waals surface area contributed by atoms with E-state index < -0.39 is 0 Å². The predicted octanol–water partition coefficient (Wildman–Crippen LogP) is 9.50. The van der Waals surface area contributed by atoms with Gasteiger partial charge in [-0.15, -0.1) is 0 Å². The maximum atomic E-state index is 6.71. The third kappa shape index (κ3) is 2.51. The van der Waals surface area contributed by atoms with Crippen LogP contribution in [0.2, 0.25) is 0 Å². The molecular formula is C36H19N3O. The van der Waals surface area contributed by atoms with E-state index in [1.807, 2.05) is 24.3 Å². The van der Waals surface area contributed by atoms with Crippen molar-refractivity contribution in [3.63, 3.8) is 0 Å². The molecule has 0 fully saturated rings. The average molecular weight is 510 g/mol. The fourth-order valence-electron chi connectivity index (χ4n) is 6.67. The standard InChI is InChI=1S/C36H19N3O/c1-2-7-21-18-22(13-12-20(21)6-1)23-14-15-24-25-16-17-30-32(35(25)40-31(24)19-23)26-8-5-9-27-33-36(39(30)34(26)27)38-29-11-4-3-10-28(29)37-33/h1-19H. The summed E-state index contributed by atoms with van der Waals surface area (Å²) in [5.41, 5.74) is 10.0. The quantitative estimate of drug-likeness (QED) is 0.221. The van der Waals surface area contributed by atoms with Crippen molar-refractivity contribution in [3.05, 3.63) is 115 Å². The van der Waals surface area contributed by atoms with Crippen LogP contribution in [0, 0.1) is 0 Å². The molecule has 0 radical (unpaired) electrons. The number of rotatable bonds is 1. The molecule has 184 valence electrons. The van der Waals surface area contributed by atoms with Crippen molar-refractivity contribution in [2.45, 2.75) is 0 Å². The molecule has 0 bridgehead atoms. The molecule has 0 saturated carbocycles. The van der Waals surface area contributed by atoms with E-state index in [9.17, 15) is 0 Å². The first-order valence-corrected chi connectivity index (χ1v) is 13.5. The summed E-state index contributed by atoms with van der Waals surface area (Å²) in [6, 6.07) is 40.6. The Balaban J connectivity index is 1.28. The predicted molar refractivity (Wildman–Crippen MR) is 164 cm³/mol. The van der Waals surface area contributed by atoms with Crippen LogP contribution in [-0.4, -0.2) is 14.4 Å². The molecule has 0 aliphatic carbocycles. The van der Waals surface area contributed by atoms with Gasteiger partial charge in [-0.25, -0.2) is 9.97 Å². The van der Waals surface area contributed by atoms with Crippen molar-refractivity contribution in [1.29, 1.82) is 0 Å². The minimum absolute atomic E-state index is 0.883. The van der Waals surface area contributed by atoms with E-state index in [4.69, 9.17) is 14.4 Å². The van der Waals surface area contributed by atoms with E-state index in [0.29, 0.717) is 0 Å². The van der Waals surface area contributed by atoms with Gasteiger partial charge in [-0.1, -0.05) is 72.8 Å². The molecule has 0 aliphatic heterocycles. The van der Waals surface area contributed by atoms with E-state index >= 15 is 0 Å². The topological polar surface area (TPSA) is 43.3 Å². The lowest BCUT2D eigenvalue weighted by molar-refractivity contribution is 0.673. The van der Waals surface area contributed by atoms with Crippen LogP contribution in [0.1, 0.15) is 0 Å². The molecule has 0 amide bonds. The summed E-state index contributed by atoms with van der Waals surface area (Å²) < 4.78 is 8.98.